The van der Waals surface area contributed by atoms with E-state index < -0.39 is 0 Å². The Bertz CT molecular complexity index is 554. The molecule has 100 valence electrons. The van der Waals surface area contributed by atoms with Crippen molar-refractivity contribution in [1.82, 2.24) is 4.98 Å². The molecule has 0 atom stereocenters. The van der Waals surface area contributed by atoms with Gasteiger partial charge in [0, 0.05) is 24.7 Å². The van der Waals surface area contributed by atoms with Crippen molar-refractivity contribution in [2.24, 2.45) is 10.9 Å². The number of hydrogen-bond acceptors (Lipinski definition) is 5. The van der Waals surface area contributed by atoms with Gasteiger partial charge in [-0.15, -0.1) is 11.3 Å². The lowest BCUT2D eigenvalue weighted by Crippen LogP contribution is -2.25. The molecule has 2 aromatic rings. The molecule has 6 heteroatoms. The van der Waals surface area contributed by atoms with E-state index >= 15 is 0 Å². The Labute approximate surface area is 116 Å². The zero-order valence-electron chi connectivity index (χ0n) is 10.7. The van der Waals surface area contributed by atoms with Crippen molar-refractivity contribution in [2.75, 3.05) is 18.5 Å². The van der Waals surface area contributed by atoms with E-state index in [-0.39, 0.29) is 5.84 Å². The summed E-state index contributed by atoms with van der Waals surface area (Å²) in [6, 6.07) is 7.72. The standard InChI is InChI=1S/C13H16N4OS/c1-17(8-6-10-4-3-9-19-10)13-11(12(14)16-18)5-2-7-15-13/h2-5,7,9,18H,6,8H2,1H3,(H2,14,16). The van der Waals surface area contributed by atoms with Gasteiger partial charge in [0.15, 0.2) is 5.84 Å². The maximum absolute atomic E-state index is 8.79. The van der Waals surface area contributed by atoms with Crippen LogP contribution in [0.2, 0.25) is 0 Å². The Morgan fingerprint density at radius 2 is 2.32 bits per heavy atom. The molecular weight excluding hydrogens is 260 g/mol. The number of pyridine rings is 1. The molecule has 0 unspecified atom stereocenters. The minimum absolute atomic E-state index is 0.0751. The van der Waals surface area contributed by atoms with Crippen LogP contribution in [0.15, 0.2) is 41.0 Å². The molecule has 0 bridgehead atoms. The SMILES string of the molecule is CN(CCc1cccs1)c1ncccc1C(N)=NO. The summed E-state index contributed by atoms with van der Waals surface area (Å²) in [7, 11) is 1.95. The fourth-order valence-corrected chi connectivity index (χ4v) is 2.49. The van der Waals surface area contributed by atoms with Gasteiger partial charge in [-0.2, -0.15) is 0 Å². The van der Waals surface area contributed by atoms with Crippen LogP contribution in [0.1, 0.15) is 10.4 Å². The lowest BCUT2D eigenvalue weighted by Gasteiger charge is -2.20. The van der Waals surface area contributed by atoms with Gasteiger partial charge >= 0.3 is 0 Å². The van der Waals surface area contributed by atoms with E-state index in [4.69, 9.17) is 10.9 Å². The third-order valence-electron chi connectivity index (χ3n) is 2.81. The summed E-state index contributed by atoms with van der Waals surface area (Å²) < 4.78 is 0. The third-order valence-corrected chi connectivity index (χ3v) is 3.74. The molecule has 2 aromatic heterocycles. The molecule has 0 radical (unpaired) electrons. The van der Waals surface area contributed by atoms with Crippen LogP contribution in [0.25, 0.3) is 0 Å². The highest BCUT2D eigenvalue weighted by Crippen LogP contribution is 2.17. The van der Waals surface area contributed by atoms with Crippen molar-refractivity contribution < 1.29 is 5.21 Å². The summed E-state index contributed by atoms with van der Waals surface area (Å²) in [6.07, 6.45) is 2.64. The lowest BCUT2D eigenvalue weighted by atomic mass is 10.2. The van der Waals surface area contributed by atoms with Crippen LogP contribution >= 0.6 is 11.3 Å². The topological polar surface area (TPSA) is 74.7 Å². The summed E-state index contributed by atoms with van der Waals surface area (Å²) >= 11 is 1.74. The molecule has 0 aliphatic carbocycles. The molecule has 5 nitrogen and oxygen atoms in total. The Morgan fingerprint density at radius 1 is 1.47 bits per heavy atom. The lowest BCUT2D eigenvalue weighted by molar-refractivity contribution is 0.318. The maximum atomic E-state index is 8.79. The number of hydrogen-bond donors (Lipinski definition) is 2. The Balaban J connectivity index is 2.12. The van der Waals surface area contributed by atoms with Gasteiger partial charge in [-0.3, -0.25) is 0 Å². The predicted molar refractivity (Wildman–Crippen MR) is 78.0 cm³/mol. The van der Waals surface area contributed by atoms with E-state index in [2.05, 4.69) is 21.6 Å². The first-order chi connectivity index (χ1) is 9.22. The van der Waals surface area contributed by atoms with Crippen molar-refractivity contribution in [3.63, 3.8) is 0 Å². The minimum atomic E-state index is 0.0751. The van der Waals surface area contributed by atoms with Gasteiger partial charge in [0.25, 0.3) is 0 Å². The van der Waals surface area contributed by atoms with Crippen molar-refractivity contribution in [3.05, 3.63) is 46.3 Å². The number of thiophene rings is 1. The molecule has 0 saturated carbocycles. The Morgan fingerprint density at radius 3 is 3.00 bits per heavy atom. The van der Waals surface area contributed by atoms with Crippen LogP contribution in [0.4, 0.5) is 5.82 Å². The number of amidine groups is 1. The maximum Gasteiger partial charge on any atom is 0.173 e. The second kappa shape index (κ2) is 6.19. The summed E-state index contributed by atoms with van der Waals surface area (Å²) in [5, 5.41) is 13.9. The first kappa shape index (κ1) is 13.4. The van der Waals surface area contributed by atoms with Crippen LogP contribution in [0.5, 0.6) is 0 Å². The van der Waals surface area contributed by atoms with E-state index in [1.165, 1.54) is 4.88 Å². The van der Waals surface area contributed by atoms with Gasteiger partial charge in [-0.1, -0.05) is 11.2 Å². The largest absolute Gasteiger partial charge is 0.409 e. The van der Waals surface area contributed by atoms with Crippen LogP contribution in [0.3, 0.4) is 0 Å². The molecule has 0 aromatic carbocycles. The molecule has 0 aliphatic rings. The summed E-state index contributed by atoms with van der Waals surface area (Å²) in [4.78, 5) is 7.64. The predicted octanol–water partition coefficient (Wildman–Crippen LogP) is 1.92. The highest BCUT2D eigenvalue weighted by Gasteiger charge is 2.12. The van der Waals surface area contributed by atoms with Crippen LogP contribution in [-0.2, 0) is 6.42 Å². The monoisotopic (exact) mass is 276 g/mol. The van der Waals surface area contributed by atoms with Gasteiger partial charge in [0.05, 0.1) is 5.56 Å². The third kappa shape index (κ3) is 3.23. The zero-order chi connectivity index (χ0) is 13.7. The molecule has 0 fully saturated rings. The zero-order valence-corrected chi connectivity index (χ0v) is 11.5. The smallest absolute Gasteiger partial charge is 0.173 e. The van der Waals surface area contributed by atoms with Crippen LogP contribution in [0, 0.1) is 0 Å². The summed E-state index contributed by atoms with van der Waals surface area (Å²) in [5.41, 5.74) is 6.30. The van der Waals surface area contributed by atoms with Crippen LogP contribution < -0.4 is 10.6 Å². The average Bonchev–Trinajstić information content (AvgIpc) is 2.97. The fraction of sp³-hybridized carbons (Fsp3) is 0.231. The van der Waals surface area contributed by atoms with Gasteiger partial charge < -0.3 is 15.8 Å². The average molecular weight is 276 g/mol. The van der Waals surface area contributed by atoms with Crippen molar-refractivity contribution in [3.8, 4) is 0 Å². The molecule has 0 saturated heterocycles. The molecule has 2 heterocycles. The number of aromatic nitrogens is 1. The van der Waals surface area contributed by atoms with Crippen LogP contribution in [-0.4, -0.2) is 29.6 Å². The van der Waals surface area contributed by atoms with Crippen molar-refractivity contribution in [1.29, 1.82) is 0 Å². The molecular formula is C13H16N4OS. The number of rotatable bonds is 5. The first-order valence-electron chi connectivity index (χ1n) is 5.89. The molecule has 0 spiro atoms. The minimum Gasteiger partial charge on any atom is -0.409 e. The molecule has 2 rings (SSSR count). The summed E-state index contributed by atoms with van der Waals surface area (Å²) in [6.45, 7) is 0.823. The number of nitrogens with zero attached hydrogens (tertiary/aromatic N) is 3. The summed E-state index contributed by atoms with van der Waals surface area (Å²) in [5.74, 6) is 0.792. The van der Waals surface area contributed by atoms with Gasteiger partial charge in [-0.25, -0.2) is 4.98 Å². The number of oxime groups is 1. The highest BCUT2D eigenvalue weighted by atomic mass is 32.1. The van der Waals surface area contributed by atoms with E-state index in [1.54, 1.807) is 29.7 Å². The van der Waals surface area contributed by atoms with E-state index in [1.807, 2.05) is 18.0 Å². The fourth-order valence-electron chi connectivity index (χ4n) is 1.79. The Kier molecular flexibility index (Phi) is 4.35. The van der Waals surface area contributed by atoms with E-state index in [0.717, 1.165) is 13.0 Å². The van der Waals surface area contributed by atoms with Crippen molar-refractivity contribution in [2.45, 2.75) is 6.42 Å². The normalized spacial score (nSPS) is 11.5. The molecule has 0 aliphatic heterocycles. The van der Waals surface area contributed by atoms with Gasteiger partial charge in [0.1, 0.15) is 5.82 Å². The van der Waals surface area contributed by atoms with Gasteiger partial charge in [0.2, 0.25) is 0 Å². The van der Waals surface area contributed by atoms with E-state index in [9.17, 15) is 0 Å². The molecule has 3 N–H and O–H groups in total. The van der Waals surface area contributed by atoms with Gasteiger partial charge in [-0.05, 0) is 30.0 Å². The quantitative estimate of drug-likeness (QED) is 0.379. The van der Waals surface area contributed by atoms with Crippen molar-refractivity contribution >= 4 is 23.0 Å². The molecule has 19 heavy (non-hydrogen) atoms. The number of nitrogens with two attached hydrogens (primary N) is 1. The highest BCUT2D eigenvalue weighted by molar-refractivity contribution is 7.09. The second-order valence-electron chi connectivity index (χ2n) is 4.11. The number of likely N-dealkylation sites (N-methyl/N-ethyl adjacent to an activating group) is 1. The first-order valence-corrected chi connectivity index (χ1v) is 6.76. The number of anilines is 1. The van der Waals surface area contributed by atoms with E-state index in [0.29, 0.717) is 11.4 Å². The molecule has 0 amide bonds. The second-order valence-corrected chi connectivity index (χ2v) is 5.14. The Hall–Kier alpha value is -2.08.